The van der Waals surface area contributed by atoms with Gasteiger partial charge in [0.05, 0.1) is 16.3 Å². The van der Waals surface area contributed by atoms with Crippen molar-refractivity contribution in [2.75, 3.05) is 10.6 Å². The van der Waals surface area contributed by atoms with Crippen molar-refractivity contribution in [1.82, 2.24) is 0 Å². The average molecular weight is 375 g/mol. The molecule has 126 valence electrons. The number of amides is 2. The van der Waals surface area contributed by atoms with Gasteiger partial charge in [0.25, 0.3) is 0 Å². The third-order valence-corrected chi connectivity index (χ3v) is 4.01. The van der Waals surface area contributed by atoms with Gasteiger partial charge in [0.15, 0.2) is 0 Å². The van der Waals surface area contributed by atoms with Crippen molar-refractivity contribution in [2.45, 2.75) is 0 Å². The lowest BCUT2D eigenvalue weighted by molar-refractivity contribution is 0.0697. The van der Waals surface area contributed by atoms with Gasteiger partial charge >= 0.3 is 12.0 Å². The van der Waals surface area contributed by atoms with Crippen molar-refractivity contribution in [1.29, 1.82) is 0 Å². The highest BCUT2D eigenvalue weighted by molar-refractivity contribution is 6.40. The molecule has 3 aromatic rings. The zero-order valence-corrected chi connectivity index (χ0v) is 14.2. The quantitative estimate of drug-likeness (QED) is 0.567. The maximum absolute atomic E-state index is 12.2. The van der Waals surface area contributed by atoms with Gasteiger partial charge in [-0.05, 0) is 41.8 Å². The van der Waals surface area contributed by atoms with E-state index in [2.05, 4.69) is 10.6 Å². The topological polar surface area (TPSA) is 78.4 Å². The van der Waals surface area contributed by atoms with E-state index in [4.69, 9.17) is 23.2 Å². The number of carbonyl (C=O) groups excluding carboxylic acids is 1. The predicted octanol–water partition coefficient (Wildman–Crippen LogP) is 5.49. The highest BCUT2D eigenvalue weighted by Crippen LogP contribution is 2.34. The number of carboxylic acids is 1. The van der Waals surface area contributed by atoms with E-state index in [1.165, 1.54) is 18.2 Å². The summed E-state index contributed by atoms with van der Waals surface area (Å²) in [5.41, 5.74) is 0.902. The summed E-state index contributed by atoms with van der Waals surface area (Å²) in [6, 6.07) is 14.3. The summed E-state index contributed by atoms with van der Waals surface area (Å²) in [7, 11) is 0. The van der Waals surface area contributed by atoms with Crippen LogP contribution in [0.3, 0.4) is 0 Å². The van der Waals surface area contributed by atoms with Crippen molar-refractivity contribution >= 4 is 57.3 Å². The molecule has 3 N–H and O–H groups in total. The second-order valence-electron chi connectivity index (χ2n) is 5.26. The molecule has 3 aromatic carbocycles. The van der Waals surface area contributed by atoms with E-state index in [1.54, 1.807) is 30.3 Å². The summed E-state index contributed by atoms with van der Waals surface area (Å²) in [4.78, 5) is 23.6. The lowest BCUT2D eigenvalue weighted by Crippen LogP contribution is -2.19. The van der Waals surface area contributed by atoms with Gasteiger partial charge in [-0.15, -0.1) is 0 Å². The Hall–Kier alpha value is -2.76. The van der Waals surface area contributed by atoms with Crippen LogP contribution in [-0.4, -0.2) is 17.1 Å². The van der Waals surface area contributed by atoms with Crippen LogP contribution in [0.5, 0.6) is 0 Å². The molecule has 0 radical (unpaired) electrons. The van der Waals surface area contributed by atoms with Crippen LogP contribution in [-0.2, 0) is 0 Å². The molecule has 5 nitrogen and oxygen atoms in total. The Labute approximate surface area is 153 Å². The van der Waals surface area contributed by atoms with Gasteiger partial charge in [-0.25, -0.2) is 9.59 Å². The van der Waals surface area contributed by atoms with Crippen molar-refractivity contribution in [2.24, 2.45) is 0 Å². The summed E-state index contributed by atoms with van der Waals surface area (Å²) in [6.45, 7) is 0. The maximum Gasteiger partial charge on any atom is 0.335 e. The Morgan fingerprint density at radius 2 is 1.64 bits per heavy atom. The van der Waals surface area contributed by atoms with Crippen LogP contribution in [0.4, 0.5) is 16.2 Å². The second-order valence-corrected chi connectivity index (χ2v) is 6.10. The number of benzene rings is 3. The van der Waals surface area contributed by atoms with E-state index in [-0.39, 0.29) is 11.3 Å². The number of anilines is 2. The molecule has 25 heavy (non-hydrogen) atoms. The Morgan fingerprint density at radius 3 is 2.32 bits per heavy atom. The largest absolute Gasteiger partial charge is 0.478 e. The molecule has 0 fully saturated rings. The molecule has 0 aromatic heterocycles. The molecular formula is C18H12Cl2N2O3. The molecule has 0 spiro atoms. The zero-order chi connectivity index (χ0) is 18.0. The number of nitrogens with one attached hydrogen (secondary N) is 2. The summed E-state index contributed by atoms with van der Waals surface area (Å²) >= 11 is 12.2. The number of carboxylic acid groups (broad SMARTS) is 1. The Bertz CT molecular complexity index is 975. The monoisotopic (exact) mass is 374 g/mol. The first kappa shape index (κ1) is 17.1. The molecule has 0 saturated heterocycles. The van der Waals surface area contributed by atoms with Gasteiger partial charge in [-0.2, -0.15) is 0 Å². The minimum absolute atomic E-state index is 0.0147. The van der Waals surface area contributed by atoms with E-state index in [9.17, 15) is 14.7 Å². The van der Waals surface area contributed by atoms with E-state index in [0.717, 1.165) is 0 Å². The number of fused-ring (bicyclic) bond motifs is 1. The van der Waals surface area contributed by atoms with Crippen LogP contribution in [0.1, 0.15) is 10.4 Å². The van der Waals surface area contributed by atoms with Gasteiger partial charge < -0.3 is 15.7 Å². The summed E-state index contributed by atoms with van der Waals surface area (Å²) in [5.74, 6) is -1.12. The maximum atomic E-state index is 12.2. The number of hydrogen-bond acceptors (Lipinski definition) is 2. The molecule has 0 saturated carbocycles. The van der Waals surface area contributed by atoms with Crippen molar-refractivity contribution < 1.29 is 14.7 Å². The van der Waals surface area contributed by atoms with Gasteiger partial charge in [0.2, 0.25) is 0 Å². The van der Waals surface area contributed by atoms with Crippen molar-refractivity contribution in [3.63, 3.8) is 0 Å². The summed E-state index contributed by atoms with van der Waals surface area (Å²) in [6.07, 6.45) is 0. The number of aromatic carboxylic acids is 1. The molecule has 0 aliphatic rings. The number of rotatable bonds is 3. The zero-order valence-electron chi connectivity index (χ0n) is 12.7. The molecular weight excluding hydrogens is 363 g/mol. The molecule has 0 aliphatic carbocycles. The van der Waals surface area contributed by atoms with Crippen LogP contribution < -0.4 is 10.6 Å². The second kappa shape index (κ2) is 7.01. The van der Waals surface area contributed by atoms with Crippen LogP contribution in [0.2, 0.25) is 10.0 Å². The third-order valence-electron chi connectivity index (χ3n) is 3.49. The minimum atomic E-state index is -1.12. The summed E-state index contributed by atoms with van der Waals surface area (Å²) < 4.78 is 0. The fourth-order valence-corrected chi connectivity index (χ4v) is 3.07. The molecule has 0 aliphatic heterocycles. The molecule has 2 amide bonds. The number of hydrogen-bond donors (Lipinski definition) is 3. The first-order chi connectivity index (χ1) is 11.9. The van der Waals surface area contributed by atoms with Crippen molar-refractivity contribution in [3.8, 4) is 0 Å². The average Bonchev–Trinajstić information content (AvgIpc) is 2.54. The van der Waals surface area contributed by atoms with Crippen LogP contribution in [0.25, 0.3) is 10.8 Å². The van der Waals surface area contributed by atoms with E-state index in [0.29, 0.717) is 26.5 Å². The smallest absolute Gasteiger partial charge is 0.335 e. The lowest BCUT2D eigenvalue weighted by atomic mass is 10.0. The van der Waals surface area contributed by atoms with Gasteiger partial charge in [0, 0.05) is 16.1 Å². The van der Waals surface area contributed by atoms with Gasteiger partial charge in [0.1, 0.15) is 0 Å². The Morgan fingerprint density at radius 1 is 0.920 bits per heavy atom. The van der Waals surface area contributed by atoms with E-state index in [1.807, 2.05) is 6.07 Å². The number of para-hydroxylation sites is 1. The highest BCUT2D eigenvalue weighted by atomic mass is 35.5. The first-order valence-electron chi connectivity index (χ1n) is 7.23. The fourth-order valence-electron chi connectivity index (χ4n) is 2.46. The van der Waals surface area contributed by atoms with Crippen LogP contribution >= 0.6 is 23.2 Å². The minimum Gasteiger partial charge on any atom is -0.478 e. The molecule has 0 atom stereocenters. The number of urea groups is 1. The fraction of sp³-hybridized carbons (Fsp3) is 0. The molecule has 7 heteroatoms. The SMILES string of the molecule is O=C(Nc1ccccc1)Nc1cc(C(=O)O)cc2cc(Cl)cc(Cl)c12. The van der Waals surface area contributed by atoms with Crippen LogP contribution in [0.15, 0.2) is 54.6 Å². The first-order valence-corrected chi connectivity index (χ1v) is 7.99. The normalized spacial score (nSPS) is 10.5. The van der Waals surface area contributed by atoms with Crippen molar-refractivity contribution in [3.05, 3.63) is 70.2 Å². The van der Waals surface area contributed by atoms with E-state index < -0.39 is 12.0 Å². The van der Waals surface area contributed by atoms with Gasteiger partial charge in [-0.3, -0.25) is 0 Å². The molecule has 0 unspecified atom stereocenters. The van der Waals surface area contributed by atoms with E-state index >= 15 is 0 Å². The number of halogens is 2. The highest BCUT2D eigenvalue weighted by Gasteiger charge is 2.14. The molecule has 3 rings (SSSR count). The van der Waals surface area contributed by atoms with Gasteiger partial charge in [-0.1, -0.05) is 41.4 Å². The predicted molar refractivity (Wildman–Crippen MR) is 100 cm³/mol. The Balaban J connectivity index is 2.02. The standard InChI is InChI=1S/C18H12Cl2N2O3/c19-12-7-10-6-11(17(23)24)8-15(16(10)14(20)9-12)22-18(25)21-13-4-2-1-3-5-13/h1-9H,(H,23,24)(H2,21,22,25). The molecule has 0 bridgehead atoms. The van der Waals surface area contributed by atoms with Crippen LogP contribution in [0, 0.1) is 0 Å². The third kappa shape index (κ3) is 3.84. The lowest BCUT2D eigenvalue weighted by Gasteiger charge is -2.13. The number of carbonyl (C=O) groups is 2. The Kier molecular flexibility index (Phi) is 4.79. The molecule has 0 heterocycles. The summed E-state index contributed by atoms with van der Waals surface area (Å²) in [5, 5.41) is 16.3.